The molecule has 0 fully saturated rings. The Labute approximate surface area is 85.4 Å². The standard InChI is InChI=1S/C6H10O2.C2H10OSi2/c1-3-5-8-6(7)4-2;1-5(2)3-4/h4H,2-3,5H2,1H3;5H,1-2,4H3. The lowest BCUT2D eigenvalue weighted by Gasteiger charge is -1.94. The van der Waals surface area contributed by atoms with Gasteiger partial charge in [-0.15, -0.1) is 0 Å². The SMILES string of the molecule is C=CC(=O)OCCC.C[SiH](C)O[SiH3]. The Balaban J connectivity index is 0. The predicted octanol–water partition coefficient (Wildman–Crippen LogP) is 0.392. The first-order valence-corrected chi connectivity index (χ1v) is 8.00. The fourth-order valence-corrected chi connectivity index (χ4v) is 0.262. The van der Waals surface area contributed by atoms with Crippen molar-refractivity contribution in [3.8, 4) is 0 Å². The van der Waals surface area contributed by atoms with Crippen molar-refractivity contribution in [1.29, 1.82) is 0 Å². The van der Waals surface area contributed by atoms with Crippen molar-refractivity contribution in [3.63, 3.8) is 0 Å². The van der Waals surface area contributed by atoms with Crippen molar-refractivity contribution >= 4 is 25.5 Å². The summed E-state index contributed by atoms with van der Waals surface area (Å²) in [5.74, 6) is -0.341. The van der Waals surface area contributed by atoms with E-state index in [1.165, 1.54) is 0 Å². The molecule has 0 N–H and O–H groups in total. The van der Waals surface area contributed by atoms with Crippen LogP contribution in [0.2, 0.25) is 13.1 Å². The van der Waals surface area contributed by atoms with Crippen molar-refractivity contribution in [2.24, 2.45) is 0 Å². The third-order valence-corrected chi connectivity index (χ3v) is 4.86. The summed E-state index contributed by atoms with van der Waals surface area (Å²) in [5, 5.41) is 0. The molecule has 0 rings (SSSR count). The van der Waals surface area contributed by atoms with E-state index < -0.39 is 9.04 Å². The topological polar surface area (TPSA) is 35.5 Å². The van der Waals surface area contributed by atoms with Gasteiger partial charge in [-0.2, -0.15) is 0 Å². The summed E-state index contributed by atoms with van der Waals surface area (Å²) in [7, 11) is 0.347. The molecule has 0 amide bonds. The van der Waals surface area contributed by atoms with Gasteiger partial charge in [0, 0.05) is 6.08 Å². The molecular weight excluding hydrogens is 200 g/mol. The number of esters is 1. The fourth-order valence-electron chi connectivity index (χ4n) is 0.262. The quantitative estimate of drug-likeness (QED) is 0.391. The van der Waals surface area contributed by atoms with Crippen LogP contribution < -0.4 is 0 Å². The average Bonchev–Trinajstić information content (AvgIpc) is 2.15. The lowest BCUT2D eigenvalue weighted by molar-refractivity contribution is -0.137. The van der Waals surface area contributed by atoms with Crippen molar-refractivity contribution in [1.82, 2.24) is 0 Å². The maximum absolute atomic E-state index is 10.2. The zero-order valence-corrected chi connectivity index (χ0v) is 12.2. The smallest absolute Gasteiger partial charge is 0.330 e. The lowest BCUT2D eigenvalue weighted by Crippen LogP contribution is -2.02. The Hall–Kier alpha value is -0.396. The van der Waals surface area contributed by atoms with Crippen LogP contribution in [0, 0.1) is 0 Å². The third-order valence-electron chi connectivity index (χ3n) is 1.09. The van der Waals surface area contributed by atoms with Crippen LogP contribution in [0.15, 0.2) is 12.7 Å². The first kappa shape index (κ1) is 15.1. The molecule has 0 aliphatic rings. The molecule has 0 saturated carbocycles. The van der Waals surface area contributed by atoms with Crippen molar-refractivity contribution < 1.29 is 13.6 Å². The van der Waals surface area contributed by atoms with E-state index in [0.717, 1.165) is 23.0 Å². The van der Waals surface area contributed by atoms with Crippen LogP contribution in [-0.4, -0.2) is 32.1 Å². The Morgan fingerprint density at radius 1 is 1.62 bits per heavy atom. The molecule has 0 atom stereocenters. The highest BCUT2D eigenvalue weighted by molar-refractivity contribution is 6.52. The van der Waals surface area contributed by atoms with Gasteiger partial charge in [-0.05, 0) is 19.5 Å². The molecule has 0 aromatic carbocycles. The largest absolute Gasteiger partial charge is 0.466 e. The molecule has 78 valence electrons. The van der Waals surface area contributed by atoms with Crippen LogP contribution in [0.3, 0.4) is 0 Å². The van der Waals surface area contributed by atoms with Crippen LogP contribution in [-0.2, 0) is 13.6 Å². The molecule has 0 saturated heterocycles. The first-order chi connectivity index (χ1) is 6.08. The minimum absolute atomic E-state index is 0.341. The van der Waals surface area contributed by atoms with Crippen molar-refractivity contribution in [2.45, 2.75) is 26.4 Å². The molecule has 0 radical (unpaired) electrons. The summed E-state index contributed by atoms with van der Waals surface area (Å²) >= 11 is 0. The van der Waals surface area contributed by atoms with Crippen LogP contribution in [0.5, 0.6) is 0 Å². The number of rotatable bonds is 4. The number of hydrogen-bond donors (Lipinski definition) is 0. The number of hydrogen-bond acceptors (Lipinski definition) is 3. The highest BCUT2D eigenvalue weighted by Gasteiger charge is 1.89. The highest BCUT2D eigenvalue weighted by Crippen LogP contribution is 1.81. The van der Waals surface area contributed by atoms with E-state index in [4.69, 9.17) is 4.12 Å². The molecule has 0 aromatic heterocycles. The molecule has 13 heavy (non-hydrogen) atoms. The molecule has 0 spiro atoms. The second kappa shape index (κ2) is 11.6. The van der Waals surface area contributed by atoms with Crippen molar-refractivity contribution in [3.05, 3.63) is 12.7 Å². The van der Waals surface area contributed by atoms with E-state index in [1.54, 1.807) is 0 Å². The molecule has 0 unspecified atom stereocenters. The number of carbonyl (C=O) groups is 1. The fraction of sp³-hybridized carbons (Fsp3) is 0.625. The summed E-state index contributed by atoms with van der Waals surface area (Å²) in [6, 6.07) is 0. The van der Waals surface area contributed by atoms with Gasteiger partial charge in [-0.1, -0.05) is 13.5 Å². The maximum atomic E-state index is 10.2. The zero-order valence-electron chi connectivity index (χ0n) is 9.00. The van der Waals surface area contributed by atoms with Gasteiger partial charge in [0.1, 0.15) is 10.5 Å². The normalized spacial score (nSPS) is 8.92. The van der Waals surface area contributed by atoms with Crippen molar-refractivity contribution in [2.75, 3.05) is 6.61 Å². The van der Waals surface area contributed by atoms with Gasteiger partial charge >= 0.3 is 5.97 Å². The van der Waals surface area contributed by atoms with Gasteiger partial charge in [0.15, 0.2) is 9.04 Å². The summed E-state index contributed by atoms with van der Waals surface area (Å²) in [4.78, 5) is 10.2. The van der Waals surface area contributed by atoms with E-state index in [-0.39, 0.29) is 5.97 Å². The molecule has 0 aliphatic heterocycles. The van der Waals surface area contributed by atoms with Crippen LogP contribution >= 0.6 is 0 Å². The molecule has 0 bridgehead atoms. The summed E-state index contributed by atoms with van der Waals surface area (Å²) < 4.78 is 9.61. The Bertz CT molecular complexity index is 137. The summed E-state index contributed by atoms with van der Waals surface area (Å²) in [6.07, 6.45) is 2.02. The van der Waals surface area contributed by atoms with E-state index in [1.807, 2.05) is 6.92 Å². The zero-order chi connectivity index (χ0) is 10.7. The molecular formula is C8H20O3Si2. The van der Waals surface area contributed by atoms with Crippen LogP contribution in [0.25, 0.3) is 0 Å². The van der Waals surface area contributed by atoms with Gasteiger partial charge in [-0.3, -0.25) is 0 Å². The first-order valence-electron chi connectivity index (χ1n) is 4.40. The molecule has 0 aromatic rings. The van der Waals surface area contributed by atoms with Gasteiger partial charge < -0.3 is 8.85 Å². The molecule has 0 heterocycles. The molecule has 0 aliphatic carbocycles. The summed E-state index contributed by atoms with van der Waals surface area (Å²) in [5.41, 5.74) is 0. The van der Waals surface area contributed by atoms with E-state index in [9.17, 15) is 4.79 Å². The minimum atomic E-state index is -0.588. The Morgan fingerprint density at radius 2 is 2.08 bits per heavy atom. The third kappa shape index (κ3) is 18.5. The molecule has 3 nitrogen and oxygen atoms in total. The monoisotopic (exact) mass is 220 g/mol. The second-order valence-electron chi connectivity index (χ2n) is 2.66. The predicted molar refractivity (Wildman–Crippen MR) is 61.3 cm³/mol. The van der Waals surface area contributed by atoms with E-state index in [2.05, 4.69) is 24.4 Å². The molecule has 5 heteroatoms. The number of ether oxygens (including phenoxy) is 1. The second-order valence-corrected chi connectivity index (χ2v) is 6.64. The van der Waals surface area contributed by atoms with Crippen LogP contribution in [0.1, 0.15) is 13.3 Å². The number of carbonyl (C=O) groups excluding carboxylic acids is 1. The Morgan fingerprint density at radius 3 is 2.31 bits per heavy atom. The maximum Gasteiger partial charge on any atom is 0.330 e. The minimum Gasteiger partial charge on any atom is -0.466 e. The lowest BCUT2D eigenvalue weighted by atomic mass is 10.5. The van der Waals surface area contributed by atoms with E-state index in [0.29, 0.717) is 6.61 Å². The van der Waals surface area contributed by atoms with Gasteiger partial charge in [0.2, 0.25) is 0 Å². The highest BCUT2D eigenvalue weighted by atomic mass is 28.3. The van der Waals surface area contributed by atoms with E-state index >= 15 is 0 Å². The average molecular weight is 220 g/mol. The van der Waals surface area contributed by atoms with Gasteiger partial charge in [-0.25, -0.2) is 4.79 Å². The summed E-state index contributed by atoms with van der Waals surface area (Å²) in [6.45, 7) is 10.0. The van der Waals surface area contributed by atoms with Gasteiger partial charge in [0.05, 0.1) is 6.61 Å². The van der Waals surface area contributed by atoms with Crippen LogP contribution in [0.4, 0.5) is 0 Å². The Kier molecular flexibility index (Phi) is 13.5. The van der Waals surface area contributed by atoms with Gasteiger partial charge in [0.25, 0.3) is 0 Å².